The van der Waals surface area contributed by atoms with Crippen LogP contribution in [0, 0.1) is 17.8 Å². The third-order valence-electron chi connectivity index (χ3n) is 4.63. The largest absolute Gasteiger partial charge is 0.461 e. The van der Waals surface area contributed by atoms with Crippen LogP contribution in [-0.2, 0) is 6.42 Å². The quantitative estimate of drug-likeness (QED) is 0.631. The Morgan fingerprint density at radius 2 is 2.33 bits per heavy atom. The van der Waals surface area contributed by atoms with Crippen LogP contribution >= 0.6 is 0 Å². The maximum atomic E-state index is 5.29. The fraction of sp³-hybridized carbons (Fsp3) is 0.500. The van der Waals surface area contributed by atoms with Crippen molar-refractivity contribution in [2.45, 2.75) is 19.3 Å². The van der Waals surface area contributed by atoms with E-state index >= 15 is 0 Å². The first-order valence-electron chi connectivity index (χ1n) is 7.72. The van der Waals surface area contributed by atoms with Crippen molar-refractivity contribution in [3.63, 3.8) is 0 Å². The molecule has 0 spiro atoms. The maximum Gasteiger partial charge on any atom is 0.216 e. The molecule has 3 atom stereocenters. The molecule has 2 heterocycles. The molecule has 0 radical (unpaired) electrons. The highest BCUT2D eigenvalue weighted by molar-refractivity contribution is 5.45. The van der Waals surface area contributed by atoms with Gasteiger partial charge in [-0.05, 0) is 49.3 Å². The second kappa shape index (κ2) is 5.48. The van der Waals surface area contributed by atoms with Gasteiger partial charge in [-0.3, -0.25) is 5.10 Å². The summed E-state index contributed by atoms with van der Waals surface area (Å²) in [4.78, 5) is 4.45. The molecule has 5 heteroatoms. The minimum Gasteiger partial charge on any atom is -0.461 e. The van der Waals surface area contributed by atoms with Crippen molar-refractivity contribution in [3.8, 4) is 11.6 Å². The van der Waals surface area contributed by atoms with Crippen LogP contribution < -0.4 is 5.32 Å². The van der Waals surface area contributed by atoms with Gasteiger partial charge < -0.3 is 9.73 Å². The van der Waals surface area contributed by atoms with E-state index in [0.717, 1.165) is 43.1 Å². The third-order valence-corrected chi connectivity index (χ3v) is 4.63. The van der Waals surface area contributed by atoms with Crippen LogP contribution in [0.5, 0.6) is 0 Å². The van der Waals surface area contributed by atoms with Crippen molar-refractivity contribution in [2.75, 3.05) is 13.1 Å². The van der Waals surface area contributed by atoms with Crippen LogP contribution in [0.3, 0.4) is 0 Å². The molecule has 0 aromatic carbocycles. The summed E-state index contributed by atoms with van der Waals surface area (Å²) in [6.07, 6.45) is 10.0. The van der Waals surface area contributed by atoms with Crippen LogP contribution in [0.2, 0.25) is 0 Å². The Balaban J connectivity index is 1.23. The van der Waals surface area contributed by atoms with E-state index in [1.165, 1.54) is 12.8 Å². The van der Waals surface area contributed by atoms with Gasteiger partial charge in [0.15, 0.2) is 5.76 Å². The Morgan fingerprint density at radius 3 is 3.10 bits per heavy atom. The number of hydrogen-bond donors (Lipinski definition) is 2. The number of nitrogens with zero attached hydrogens (tertiary/aromatic N) is 2. The Kier molecular flexibility index (Phi) is 3.35. The van der Waals surface area contributed by atoms with Crippen molar-refractivity contribution in [3.05, 3.63) is 36.4 Å². The van der Waals surface area contributed by atoms with Gasteiger partial charge in [0.05, 0.1) is 6.26 Å². The second-order valence-electron chi connectivity index (χ2n) is 6.08. The summed E-state index contributed by atoms with van der Waals surface area (Å²) in [5.74, 6) is 4.74. The summed E-state index contributed by atoms with van der Waals surface area (Å²) in [6, 6.07) is 3.71. The highest BCUT2D eigenvalue weighted by atomic mass is 16.3. The smallest absolute Gasteiger partial charge is 0.216 e. The van der Waals surface area contributed by atoms with E-state index in [9.17, 15) is 0 Å². The maximum absolute atomic E-state index is 5.29. The molecule has 5 nitrogen and oxygen atoms in total. The van der Waals surface area contributed by atoms with Crippen LogP contribution in [0.15, 0.2) is 35.0 Å². The van der Waals surface area contributed by atoms with E-state index in [-0.39, 0.29) is 0 Å². The predicted octanol–water partition coefficient (Wildman–Crippen LogP) is 2.41. The number of hydrogen-bond acceptors (Lipinski definition) is 4. The monoisotopic (exact) mass is 284 g/mol. The van der Waals surface area contributed by atoms with Gasteiger partial charge in [-0.15, -0.1) is 0 Å². The minimum absolute atomic E-state index is 0.633. The summed E-state index contributed by atoms with van der Waals surface area (Å²) in [7, 11) is 0. The molecule has 4 rings (SSSR count). The number of fused-ring (bicyclic) bond motifs is 2. The highest BCUT2D eigenvalue weighted by Gasteiger charge is 2.34. The van der Waals surface area contributed by atoms with Gasteiger partial charge in [-0.2, -0.15) is 5.10 Å². The lowest BCUT2D eigenvalue weighted by Crippen LogP contribution is -2.27. The van der Waals surface area contributed by atoms with Gasteiger partial charge in [-0.25, -0.2) is 4.98 Å². The van der Waals surface area contributed by atoms with Gasteiger partial charge in [0.1, 0.15) is 5.82 Å². The molecule has 2 N–H and O–H groups in total. The average molecular weight is 284 g/mol. The lowest BCUT2D eigenvalue weighted by Gasteiger charge is -2.18. The molecule has 2 aliphatic carbocycles. The molecule has 110 valence electrons. The SMILES string of the molecule is C1=CC2CC1CC2CNCCc1nc(-c2ccco2)n[nH]1. The summed E-state index contributed by atoms with van der Waals surface area (Å²) in [5.41, 5.74) is 0. The minimum atomic E-state index is 0.633. The van der Waals surface area contributed by atoms with Gasteiger partial charge in [-0.1, -0.05) is 12.2 Å². The van der Waals surface area contributed by atoms with Crippen LogP contribution in [0.25, 0.3) is 11.6 Å². The first kappa shape index (κ1) is 12.8. The molecular weight excluding hydrogens is 264 g/mol. The first-order valence-corrected chi connectivity index (χ1v) is 7.72. The van der Waals surface area contributed by atoms with E-state index in [2.05, 4.69) is 32.7 Å². The molecule has 1 saturated carbocycles. The van der Waals surface area contributed by atoms with Gasteiger partial charge in [0.2, 0.25) is 5.82 Å². The van der Waals surface area contributed by atoms with E-state index in [1.807, 2.05) is 12.1 Å². The number of rotatable bonds is 6. The molecule has 0 amide bonds. The van der Waals surface area contributed by atoms with E-state index < -0.39 is 0 Å². The van der Waals surface area contributed by atoms with Crippen LogP contribution in [-0.4, -0.2) is 28.3 Å². The lowest BCUT2D eigenvalue weighted by molar-refractivity contribution is 0.415. The van der Waals surface area contributed by atoms with Crippen molar-refractivity contribution in [2.24, 2.45) is 17.8 Å². The summed E-state index contributed by atoms with van der Waals surface area (Å²) < 4.78 is 5.29. The summed E-state index contributed by atoms with van der Waals surface area (Å²) >= 11 is 0. The molecule has 2 bridgehead atoms. The number of allylic oxidation sites excluding steroid dienone is 2. The standard InChI is InChI=1S/C16H20N4O/c1-2-14(21-7-1)16-18-15(19-20-16)5-6-17-10-13-9-11-3-4-12(13)8-11/h1-4,7,11-13,17H,5-6,8-10H2,(H,18,19,20). The fourth-order valence-electron chi connectivity index (χ4n) is 3.55. The molecule has 0 aliphatic heterocycles. The zero-order chi connectivity index (χ0) is 14.1. The molecule has 3 unspecified atom stereocenters. The molecule has 2 aromatic heterocycles. The predicted molar refractivity (Wildman–Crippen MR) is 79.5 cm³/mol. The molecule has 2 aromatic rings. The van der Waals surface area contributed by atoms with Crippen molar-refractivity contribution in [1.29, 1.82) is 0 Å². The van der Waals surface area contributed by atoms with Crippen molar-refractivity contribution >= 4 is 0 Å². The topological polar surface area (TPSA) is 66.7 Å². The molecule has 2 aliphatic rings. The highest BCUT2D eigenvalue weighted by Crippen LogP contribution is 2.42. The summed E-state index contributed by atoms with van der Waals surface area (Å²) in [6.45, 7) is 2.05. The van der Waals surface area contributed by atoms with Crippen molar-refractivity contribution in [1.82, 2.24) is 20.5 Å². The number of nitrogens with one attached hydrogen (secondary N) is 2. The number of aromatic amines is 1. The molecule has 1 fully saturated rings. The lowest BCUT2D eigenvalue weighted by atomic mass is 9.94. The Labute approximate surface area is 123 Å². The molecule has 21 heavy (non-hydrogen) atoms. The van der Waals surface area contributed by atoms with E-state index in [0.29, 0.717) is 11.6 Å². The zero-order valence-corrected chi connectivity index (χ0v) is 12.0. The van der Waals surface area contributed by atoms with Crippen LogP contribution in [0.1, 0.15) is 18.7 Å². The number of aromatic nitrogens is 3. The zero-order valence-electron chi connectivity index (χ0n) is 12.0. The van der Waals surface area contributed by atoms with E-state index in [4.69, 9.17) is 4.42 Å². The molecule has 0 saturated heterocycles. The van der Waals surface area contributed by atoms with Gasteiger partial charge in [0.25, 0.3) is 0 Å². The number of furan rings is 1. The van der Waals surface area contributed by atoms with Crippen molar-refractivity contribution < 1.29 is 4.42 Å². The van der Waals surface area contributed by atoms with Crippen LogP contribution in [0.4, 0.5) is 0 Å². The second-order valence-corrected chi connectivity index (χ2v) is 6.08. The Bertz CT molecular complexity index is 616. The fourth-order valence-corrected chi connectivity index (χ4v) is 3.55. The normalized spacial score (nSPS) is 26.8. The third kappa shape index (κ3) is 2.65. The van der Waals surface area contributed by atoms with Gasteiger partial charge in [0, 0.05) is 13.0 Å². The Hall–Kier alpha value is -1.88. The number of H-pyrrole nitrogens is 1. The first-order chi connectivity index (χ1) is 10.4. The molecular formula is C16H20N4O. The summed E-state index contributed by atoms with van der Waals surface area (Å²) in [5, 5.41) is 10.7. The average Bonchev–Trinajstić information content (AvgIpc) is 3.27. The van der Waals surface area contributed by atoms with Gasteiger partial charge >= 0.3 is 0 Å². The Morgan fingerprint density at radius 1 is 1.33 bits per heavy atom. The van der Waals surface area contributed by atoms with E-state index in [1.54, 1.807) is 6.26 Å².